The van der Waals surface area contributed by atoms with Gasteiger partial charge in [0.1, 0.15) is 5.75 Å². The summed E-state index contributed by atoms with van der Waals surface area (Å²) in [6.07, 6.45) is 2.01. The summed E-state index contributed by atoms with van der Waals surface area (Å²) < 4.78 is 11.0. The fraction of sp³-hybridized carbons (Fsp3) is 0.333. The molecule has 0 aliphatic rings. The van der Waals surface area contributed by atoms with Crippen molar-refractivity contribution in [3.8, 4) is 5.75 Å². The van der Waals surface area contributed by atoms with Crippen LogP contribution < -0.4 is 4.74 Å². The van der Waals surface area contributed by atoms with Gasteiger partial charge in [-0.2, -0.15) is 0 Å². The first-order valence-electron chi connectivity index (χ1n) is 7.22. The molecule has 0 heterocycles. The third-order valence-electron chi connectivity index (χ3n) is 3.38. The third kappa shape index (κ3) is 4.88. The van der Waals surface area contributed by atoms with E-state index in [0.29, 0.717) is 13.2 Å². The molecule has 2 aromatic carbocycles. The molecule has 0 spiro atoms. The van der Waals surface area contributed by atoms with E-state index < -0.39 is 0 Å². The molecule has 0 amide bonds. The van der Waals surface area contributed by atoms with Gasteiger partial charge < -0.3 is 14.6 Å². The zero-order valence-electron chi connectivity index (χ0n) is 12.4. The van der Waals surface area contributed by atoms with Gasteiger partial charge in [0.25, 0.3) is 0 Å². The largest absolute Gasteiger partial charge is 0.496 e. The summed E-state index contributed by atoms with van der Waals surface area (Å²) in [5.41, 5.74) is 3.18. The van der Waals surface area contributed by atoms with Gasteiger partial charge in [-0.15, -0.1) is 0 Å². The SMILES string of the molecule is COc1ccc(CO)cc1COCCCc1ccccc1. The number of aliphatic hydroxyl groups is 1. The number of aryl methyl sites for hydroxylation is 1. The summed E-state index contributed by atoms with van der Waals surface area (Å²) in [6.45, 7) is 1.25. The van der Waals surface area contributed by atoms with Crippen molar-refractivity contribution in [2.24, 2.45) is 0 Å². The highest BCUT2D eigenvalue weighted by atomic mass is 16.5. The number of aliphatic hydroxyl groups excluding tert-OH is 1. The Balaban J connectivity index is 1.78. The first kappa shape index (κ1) is 15.5. The minimum atomic E-state index is 0.0327. The van der Waals surface area contributed by atoms with E-state index in [2.05, 4.69) is 24.3 Å². The molecular formula is C18H22O3. The first-order valence-corrected chi connectivity index (χ1v) is 7.22. The Labute approximate surface area is 126 Å². The summed E-state index contributed by atoms with van der Waals surface area (Å²) in [4.78, 5) is 0. The fourth-order valence-electron chi connectivity index (χ4n) is 2.25. The second kappa shape index (κ2) is 8.45. The second-order valence-electron chi connectivity index (χ2n) is 4.95. The maximum Gasteiger partial charge on any atom is 0.124 e. The normalized spacial score (nSPS) is 10.6. The van der Waals surface area contributed by atoms with Crippen molar-refractivity contribution in [1.29, 1.82) is 0 Å². The summed E-state index contributed by atoms with van der Waals surface area (Å²) in [5.74, 6) is 0.801. The van der Waals surface area contributed by atoms with E-state index in [1.54, 1.807) is 7.11 Å². The van der Waals surface area contributed by atoms with E-state index in [1.807, 2.05) is 24.3 Å². The molecule has 0 saturated carbocycles. The number of hydrogen-bond donors (Lipinski definition) is 1. The van der Waals surface area contributed by atoms with Gasteiger partial charge in [-0.1, -0.05) is 36.4 Å². The van der Waals surface area contributed by atoms with Gasteiger partial charge >= 0.3 is 0 Å². The lowest BCUT2D eigenvalue weighted by Crippen LogP contribution is -2.00. The van der Waals surface area contributed by atoms with Crippen molar-refractivity contribution in [3.05, 3.63) is 65.2 Å². The summed E-state index contributed by atoms with van der Waals surface area (Å²) in [5, 5.41) is 9.18. The number of hydrogen-bond acceptors (Lipinski definition) is 3. The standard InChI is InChI=1S/C18H22O3/c1-20-18-10-9-16(13-19)12-17(18)14-21-11-5-8-15-6-3-2-4-7-15/h2-4,6-7,9-10,12,19H,5,8,11,13-14H2,1H3. The molecule has 0 aliphatic heterocycles. The average Bonchev–Trinajstić information content (AvgIpc) is 2.55. The van der Waals surface area contributed by atoms with Crippen LogP contribution in [-0.4, -0.2) is 18.8 Å². The minimum absolute atomic E-state index is 0.0327. The highest BCUT2D eigenvalue weighted by Gasteiger charge is 2.04. The maximum absolute atomic E-state index is 9.18. The van der Waals surface area contributed by atoms with Crippen LogP contribution in [0.15, 0.2) is 48.5 Å². The molecule has 0 bridgehead atoms. The van der Waals surface area contributed by atoms with Crippen LogP contribution >= 0.6 is 0 Å². The van der Waals surface area contributed by atoms with E-state index in [1.165, 1.54) is 5.56 Å². The van der Waals surface area contributed by atoms with Crippen LogP contribution in [0.2, 0.25) is 0 Å². The van der Waals surface area contributed by atoms with Gasteiger partial charge in [-0.05, 0) is 36.1 Å². The van der Waals surface area contributed by atoms with Gasteiger partial charge in [0.15, 0.2) is 0 Å². The fourth-order valence-corrected chi connectivity index (χ4v) is 2.25. The Bertz CT molecular complexity index is 537. The van der Waals surface area contributed by atoms with Crippen LogP contribution in [-0.2, 0) is 24.4 Å². The molecule has 0 fully saturated rings. The quantitative estimate of drug-likeness (QED) is 0.756. The van der Waals surface area contributed by atoms with E-state index in [4.69, 9.17) is 9.47 Å². The molecule has 2 rings (SSSR count). The van der Waals surface area contributed by atoms with Crippen molar-refractivity contribution < 1.29 is 14.6 Å². The van der Waals surface area contributed by atoms with Crippen LogP contribution in [0.1, 0.15) is 23.1 Å². The molecule has 112 valence electrons. The number of benzene rings is 2. The molecule has 3 nitrogen and oxygen atoms in total. The molecular weight excluding hydrogens is 264 g/mol. The van der Waals surface area contributed by atoms with E-state index in [0.717, 1.165) is 29.7 Å². The average molecular weight is 286 g/mol. The van der Waals surface area contributed by atoms with E-state index in [-0.39, 0.29) is 6.61 Å². The Morgan fingerprint density at radius 2 is 1.81 bits per heavy atom. The van der Waals surface area contributed by atoms with Crippen molar-refractivity contribution in [3.63, 3.8) is 0 Å². The number of rotatable bonds is 8. The number of ether oxygens (including phenoxy) is 2. The summed E-state index contributed by atoms with van der Waals surface area (Å²) in [7, 11) is 1.65. The lowest BCUT2D eigenvalue weighted by atomic mass is 10.1. The predicted molar refractivity (Wildman–Crippen MR) is 83.3 cm³/mol. The molecule has 0 saturated heterocycles. The zero-order chi connectivity index (χ0) is 14.9. The second-order valence-corrected chi connectivity index (χ2v) is 4.95. The Hall–Kier alpha value is -1.84. The van der Waals surface area contributed by atoms with Gasteiger partial charge in [0, 0.05) is 12.2 Å². The molecule has 21 heavy (non-hydrogen) atoms. The molecule has 3 heteroatoms. The van der Waals surface area contributed by atoms with Crippen molar-refractivity contribution in [2.75, 3.05) is 13.7 Å². The first-order chi connectivity index (χ1) is 10.3. The smallest absolute Gasteiger partial charge is 0.124 e. The van der Waals surface area contributed by atoms with Gasteiger partial charge in [0.2, 0.25) is 0 Å². The van der Waals surface area contributed by atoms with Crippen molar-refractivity contribution in [1.82, 2.24) is 0 Å². The zero-order valence-corrected chi connectivity index (χ0v) is 12.4. The van der Waals surface area contributed by atoms with Crippen LogP contribution in [0.5, 0.6) is 5.75 Å². The Morgan fingerprint density at radius 1 is 1.00 bits per heavy atom. The minimum Gasteiger partial charge on any atom is -0.496 e. The topological polar surface area (TPSA) is 38.7 Å². The molecule has 0 aliphatic carbocycles. The molecule has 2 aromatic rings. The van der Waals surface area contributed by atoms with Gasteiger partial charge in [-0.25, -0.2) is 0 Å². The monoisotopic (exact) mass is 286 g/mol. The van der Waals surface area contributed by atoms with Crippen molar-refractivity contribution >= 4 is 0 Å². The van der Waals surface area contributed by atoms with E-state index in [9.17, 15) is 5.11 Å². The van der Waals surface area contributed by atoms with Crippen LogP contribution in [0.25, 0.3) is 0 Å². The van der Waals surface area contributed by atoms with Crippen LogP contribution in [0.4, 0.5) is 0 Å². The predicted octanol–water partition coefficient (Wildman–Crippen LogP) is 3.34. The Kier molecular flexibility index (Phi) is 6.25. The van der Waals surface area contributed by atoms with Crippen LogP contribution in [0, 0.1) is 0 Å². The van der Waals surface area contributed by atoms with E-state index >= 15 is 0 Å². The van der Waals surface area contributed by atoms with Crippen molar-refractivity contribution in [2.45, 2.75) is 26.1 Å². The highest BCUT2D eigenvalue weighted by molar-refractivity contribution is 5.36. The van der Waals surface area contributed by atoms with Crippen LogP contribution in [0.3, 0.4) is 0 Å². The molecule has 0 atom stereocenters. The Morgan fingerprint density at radius 3 is 2.52 bits per heavy atom. The third-order valence-corrected chi connectivity index (χ3v) is 3.38. The summed E-state index contributed by atoms with van der Waals surface area (Å²) >= 11 is 0. The number of methoxy groups -OCH3 is 1. The molecule has 0 unspecified atom stereocenters. The lowest BCUT2D eigenvalue weighted by Gasteiger charge is -2.10. The summed E-state index contributed by atoms with van der Waals surface area (Å²) in [6, 6.07) is 16.1. The lowest BCUT2D eigenvalue weighted by molar-refractivity contribution is 0.116. The van der Waals surface area contributed by atoms with Gasteiger partial charge in [-0.3, -0.25) is 0 Å². The van der Waals surface area contributed by atoms with Gasteiger partial charge in [0.05, 0.1) is 20.3 Å². The molecule has 1 N–H and O–H groups in total. The maximum atomic E-state index is 9.18. The molecule has 0 radical (unpaired) electrons. The highest BCUT2D eigenvalue weighted by Crippen LogP contribution is 2.21. The molecule has 0 aromatic heterocycles.